The first kappa shape index (κ1) is 36.4. The van der Waals surface area contributed by atoms with Crippen LogP contribution in [-0.2, 0) is 0 Å². The van der Waals surface area contributed by atoms with Crippen LogP contribution in [0.2, 0.25) is 0 Å². The molecule has 0 aliphatic heterocycles. The van der Waals surface area contributed by atoms with Crippen molar-refractivity contribution in [2.24, 2.45) is 0 Å². The average molecular weight is 803 g/mol. The minimum absolute atomic E-state index is 0.700. The van der Waals surface area contributed by atoms with E-state index in [1.807, 2.05) is 24.3 Å². The second kappa shape index (κ2) is 15.2. The maximum absolute atomic E-state index is 5.38. The number of benzene rings is 9. The van der Waals surface area contributed by atoms with Gasteiger partial charge in [-0.25, -0.2) is 15.0 Å². The molecule has 0 amide bonds. The van der Waals surface area contributed by atoms with Crippen LogP contribution in [0.1, 0.15) is 0 Å². The Kier molecular flexibility index (Phi) is 8.79. The first-order valence-corrected chi connectivity index (χ1v) is 21.3. The van der Waals surface area contributed by atoms with Crippen molar-refractivity contribution in [2.45, 2.75) is 0 Å². The van der Waals surface area contributed by atoms with Gasteiger partial charge in [-0.3, -0.25) is 0 Å². The summed E-state index contributed by atoms with van der Waals surface area (Å²) in [6.07, 6.45) is 0. The summed E-state index contributed by atoms with van der Waals surface area (Å²) >= 11 is 0. The quantitative estimate of drug-likeness (QED) is 0.151. The van der Waals surface area contributed by atoms with E-state index in [9.17, 15) is 0 Å². The first-order valence-electron chi connectivity index (χ1n) is 21.3. The Balaban J connectivity index is 0.974. The molecule has 0 aliphatic carbocycles. The monoisotopic (exact) mass is 802 g/mol. The molecule has 12 rings (SSSR count). The molecule has 0 saturated heterocycles. The van der Waals surface area contributed by atoms with Crippen LogP contribution >= 0.6 is 0 Å². The summed E-state index contributed by atoms with van der Waals surface area (Å²) in [7, 11) is 0. The lowest BCUT2D eigenvalue weighted by Gasteiger charge is -2.12. The molecule has 0 saturated carbocycles. The number of pyridine rings is 1. The van der Waals surface area contributed by atoms with Crippen molar-refractivity contribution in [1.82, 2.24) is 19.5 Å². The van der Waals surface area contributed by atoms with Gasteiger partial charge in [0, 0.05) is 49.5 Å². The minimum Gasteiger partial charge on any atom is -0.309 e. The molecule has 3 aromatic heterocycles. The van der Waals surface area contributed by atoms with E-state index in [1.54, 1.807) is 0 Å². The van der Waals surface area contributed by atoms with Gasteiger partial charge in [-0.1, -0.05) is 188 Å². The Morgan fingerprint density at radius 3 is 1.38 bits per heavy atom. The second-order valence-corrected chi connectivity index (χ2v) is 16.0. The van der Waals surface area contributed by atoms with Crippen LogP contribution in [0.25, 0.3) is 117 Å². The molecule has 63 heavy (non-hydrogen) atoms. The lowest BCUT2D eigenvalue weighted by molar-refractivity contribution is 1.18. The van der Waals surface area contributed by atoms with E-state index >= 15 is 0 Å². The minimum atomic E-state index is 0.700. The van der Waals surface area contributed by atoms with Gasteiger partial charge in [0.1, 0.15) is 0 Å². The van der Waals surface area contributed by atoms with Crippen molar-refractivity contribution in [3.63, 3.8) is 0 Å². The smallest absolute Gasteiger partial charge is 0.160 e. The van der Waals surface area contributed by atoms with Crippen LogP contribution in [0, 0.1) is 0 Å². The largest absolute Gasteiger partial charge is 0.309 e. The lowest BCUT2D eigenvalue weighted by Crippen LogP contribution is -1.96. The third-order valence-electron chi connectivity index (χ3n) is 12.2. The van der Waals surface area contributed by atoms with Gasteiger partial charge in [-0.15, -0.1) is 0 Å². The van der Waals surface area contributed by atoms with E-state index in [0.29, 0.717) is 5.82 Å². The fraction of sp³-hybridized carbons (Fsp3) is 0. The molecule has 0 bridgehead atoms. The highest BCUT2D eigenvalue weighted by molar-refractivity contribution is 6.19. The second-order valence-electron chi connectivity index (χ2n) is 16.0. The van der Waals surface area contributed by atoms with Crippen LogP contribution in [0.15, 0.2) is 231 Å². The van der Waals surface area contributed by atoms with E-state index < -0.39 is 0 Å². The molecular formula is C59H38N4. The van der Waals surface area contributed by atoms with Gasteiger partial charge in [0.25, 0.3) is 0 Å². The average Bonchev–Trinajstić information content (AvgIpc) is 3.69. The predicted molar refractivity (Wildman–Crippen MR) is 262 cm³/mol. The highest BCUT2D eigenvalue weighted by Crippen LogP contribution is 2.40. The molecule has 0 atom stereocenters. The van der Waals surface area contributed by atoms with Gasteiger partial charge in [0.05, 0.1) is 33.6 Å². The van der Waals surface area contributed by atoms with E-state index in [2.05, 4.69) is 211 Å². The van der Waals surface area contributed by atoms with Gasteiger partial charge < -0.3 is 4.57 Å². The normalized spacial score (nSPS) is 11.5. The molecule has 12 aromatic rings. The Morgan fingerprint density at radius 1 is 0.270 bits per heavy atom. The van der Waals surface area contributed by atoms with Crippen LogP contribution in [0.3, 0.4) is 0 Å². The zero-order valence-electron chi connectivity index (χ0n) is 34.2. The predicted octanol–water partition coefficient (Wildman–Crippen LogP) is 15.3. The Labute approximate surface area is 365 Å². The number of fused-ring (bicyclic) bond motifs is 6. The van der Waals surface area contributed by atoms with Crippen molar-refractivity contribution in [3.8, 4) is 73.1 Å². The highest BCUT2D eigenvalue weighted by Gasteiger charge is 2.18. The summed E-state index contributed by atoms with van der Waals surface area (Å²) in [5, 5.41) is 5.83. The number of nitrogens with zero attached hydrogens (tertiary/aromatic N) is 4. The molecular weight excluding hydrogens is 765 g/mol. The van der Waals surface area contributed by atoms with Gasteiger partial charge >= 0.3 is 0 Å². The van der Waals surface area contributed by atoms with Gasteiger partial charge in [0.15, 0.2) is 5.82 Å². The van der Waals surface area contributed by atoms with E-state index in [1.165, 1.54) is 27.3 Å². The molecule has 0 fully saturated rings. The summed E-state index contributed by atoms with van der Waals surface area (Å²) in [6.45, 7) is 0. The van der Waals surface area contributed by atoms with Crippen molar-refractivity contribution in [2.75, 3.05) is 0 Å². The van der Waals surface area contributed by atoms with Crippen LogP contribution in [0.5, 0.6) is 0 Å². The molecule has 0 aliphatic rings. The summed E-state index contributed by atoms with van der Waals surface area (Å²) in [6, 6.07) is 81.5. The number of para-hydroxylation sites is 1. The maximum Gasteiger partial charge on any atom is 0.160 e. The zero-order chi connectivity index (χ0) is 41.7. The fourth-order valence-corrected chi connectivity index (χ4v) is 9.08. The summed E-state index contributed by atoms with van der Waals surface area (Å²) in [4.78, 5) is 15.6. The summed E-state index contributed by atoms with van der Waals surface area (Å²) in [5.74, 6) is 0.700. The van der Waals surface area contributed by atoms with Crippen LogP contribution < -0.4 is 0 Å². The summed E-state index contributed by atoms with van der Waals surface area (Å²) < 4.78 is 2.39. The van der Waals surface area contributed by atoms with Gasteiger partial charge in [0.2, 0.25) is 0 Å². The molecule has 294 valence electrons. The molecule has 9 aromatic carbocycles. The van der Waals surface area contributed by atoms with Crippen LogP contribution in [0.4, 0.5) is 0 Å². The third kappa shape index (κ3) is 6.53. The van der Waals surface area contributed by atoms with E-state index in [0.717, 1.165) is 83.5 Å². The standard InChI is InChI=1S/C59H38N4/c1-5-15-39(16-6-1)40-25-29-42(30-26-40)53-38-54(62-59(61-53)45-19-9-3-10-20-45)43-31-27-41(28-32-43)46-33-34-56-51(35-46)52-36-55-50(37-57(52)63(56)47-21-11-4-12-22-47)48-23-13-14-24-49(48)58(60-55)44-17-7-2-8-18-44/h1-38H. The number of rotatable bonds is 7. The van der Waals surface area contributed by atoms with Crippen molar-refractivity contribution in [1.29, 1.82) is 0 Å². The Bertz CT molecular complexity index is 3620. The number of hydrogen-bond donors (Lipinski definition) is 0. The van der Waals surface area contributed by atoms with Crippen molar-refractivity contribution >= 4 is 43.5 Å². The first-order chi connectivity index (χ1) is 31.2. The summed E-state index contributed by atoms with van der Waals surface area (Å²) in [5.41, 5.74) is 16.0. The SMILES string of the molecule is c1ccc(-c2ccc(-c3cc(-c4ccc(-c5ccc6c(c5)c5cc7nc(-c8ccccc8)c8ccccc8c7cc5n6-c5ccccc5)cc4)nc(-c4ccccc4)n3)cc2)cc1. The highest BCUT2D eigenvalue weighted by atomic mass is 15.0. The molecule has 3 heterocycles. The lowest BCUT2D eigenvalue weighted by atomic mass is 9.98. The molecule has 0 spiro atoms. The number of hydrogen-bond acceptors (Lipinski definition) is 3. The Hall–Kier alpha value is -8.47. The third-order valence-corrected chi connectivity index (χ3v) is 12.2. The molecule has 4 nitrogen and oxygen atoms in total. The van der Waals surface area contributed by atoms with Crippen molar-refractivity contribution in [3.05, 3.63) is 231 Å². The van der Waals surface area contributed by atoms with Gasteiger partial charge in [-0.05, 0) is 70.1 Å². The maximum atomic E-state index is 5.38. The topological polar surface area (TPSA) is 43.6 Å². The number of aromatic nitrogens is 4. The van der Waals surface area contributed by atoms with Gasteiger partial charge in [-0.2, -0.15) is 0 Å². The fourth-order valence-electron chi connectivity index (χ4n) is 9.08. The molecule has 0 N–H and O–H groups in total. The Morgan fingerprint density at radius 2 is 0.746 bits per heavy atom. The molecule has 0 unspecified atom stereocenters. The molecule has 0 radical (unpaired) electrons. The van der Waals surface area contributed by atoms with E-state index in [4.69, 9.17) is 15.0 Å². The van der Waals surface area contributed by atoms with Crippen LogP contribution in [-0.4, -0.2) is 19.5 Å². The van der Waals surface area contributed by atoms with Crippen molar-refractivity contribution < 1.29 is 0 Å². The zero-order valence-corrected chi connectivity index (χ0v) is 34.2. The molecule has 4 heteroatoms. The van der Waals surface area contributed by atoms with E-state index in [-0.39, 0.29) is 0 Å².